The van der Waals surface area contributed by atoms with Gasteiger partial charge in [-0.05, 0) is 38.1 Å². The van der Waals surface area contributed by atoms with E-state index in [1.165, 1.54) is 6.07 Å². The molecular formula is C13H16F2N2O3S. The molecule has 21 heavy (non-hydrogen) atoms. The summed E-state index contributed by atoms with van der Waals surface area (Å²) in [4.78, 5) is 12.4. The Bertz CT molecular complexity index is 655. The lowest BCUT2D eigenvalue weighted by molar-refractivity contribution is -0.119. The van der Waals surface area contributed by atoms with Gasteiger partial charge in [-0.1, -0.05) is 0 Å². The zero-order chi connectivity index (χ0) is 15.7. The number of piperidine rings is 1. The molecule has 0 atom stereocenters. The van der Waals surface area contributed by atoms with Crippen molar-refractivity contribution in [1.82, 2.24) is 5.32 Å². The Balaban J connectivity index is 2.29. The molecule has 5 nitrogen and oxygen atoms in total. The van der Waals surface area contributed by atoms with Crippen molar-refractivity contribution in [3.8, 4) is 0 Å². The molecule has 0 aromatic heterocycles. The fourth-order valence-corrected chi connectivity index (χ4v) is 3.75. The van der Waals surface area contributed by atoms with Gasteiger partial charge in [0, 0.05) is 18.0 Å². The van der Waals surface area contributed by atoms with E-state index < -0.39 is 32.1 Å². The van der Waals surface area contributed by atoms with Crippen LogP contribution in [0, 0.1) is 11.6 Å². The smallest absolute Gasteiger partial charge is 0.245 e. The number of sulfone groups is 1. The second-order valence-corrected chi connectivity index (χ2v) is 7.43. The third-order valence-electron chi connectivity index (χ3n) is 3.71. The van der Waals surface area contributed by atoms with Crippen molar-refractivity contribution in [2.45, 2.75) is 17.6 Å². The summed E-state index contributed by atoms with van der Waals surface area (Å²) in [6.45, 7) is 0.802. The molecule has 116 valence electrons. The summed E-state index contributed by atoms with van der Waals surface area (Å²) in [5.74, 6) is -2.85. The normalized spacial score (nSPS) is 18.2. The van der Waals surface area contributed by atoms with Gasteiger partial charge in [-0.2, -0.15) is 0 Å². The summed E-state index contributed by atoms with van der Waals surface area (Å²) in [6.07, 6.45) is 1.30. The summed E-state index contributed by atoms with van der Waals surface area (Å²) in [5.41, 5.74) is 0.0282. The number of hydrogen-bond donors (Lipinski definition) is 2. The van der Waals surface area contributed by atoms with E-state index in [1.807, 2.05) is 0 Å². The van der Waals surface area contributed by atoms with Gasteiger partial charge >= 0.3 is 0 Å². The van der Waals surface area contributed by atoms with Crippen LogP contribution in [0.5, 0.6) is 0 Å². The summed E-state index contributed by atoms with van der Waals surface area (Å²) in [5, 5.41) is 5.37. The number of amides is 1. The van der Waals surface area contributed by atoms with E-state index in [0.29, 0.717) is 13.1 Å². The van der Waals surface area contributed by atoms with Crippen LogP contribution in [-0.4, -0.2) is 38.4 Å². The third kappa shape index (κ3) is 3.06. The Morgan fingerprint density at radius 2 is 1.86 bits per heavy atom. The number of carbonyl (C=O) groups is 1. The largest absolute Gasteiger partial charge is 0.325 e. The molecule has 0 bridgehead atoms. The van der Waals surface area contributed by atoms with Crippen LogP contribution < -0.4 is 10.6 Å². The Morgan fingerprint density at radius 3 is 2.38 bits per heavy atom. The van der Waals surface area contributed by atoms with Crippen molar-refractivity contribution in [3.63, 3.8) is 0 Å². The van der Waals surface area contributed by atoms with E-state index in [1.54, 1.807) is 0 Å². The highest BCUT2D eigenvalue weighted by Gasteiger charge is 2.48. The monoisotopic (exact) mass is 318 g/mol. The molecule has 2 rings (SSSR count). The number of carbonyl (C=O) groups excluding carboxylic acids is 1. The minimum absolute atomic E-state index is 0.0282. The minimum Gasteiger partial charge on any atom is -0.325 e. The summed E-state index contributed by atoms with van der Waals surface area (Å²) in [6, 6.07) is 2.89. The fourth-order valence-electron chi connectivity index (χ4n) is 2.42. The SMILES string of the molecule is CS(=O)(=O)C1(C(=O)Nc2ccc(F)c(F)c2)CCNCC1. The highest BCUT2D eigenvalue weighted by molar-refractivity contribution is 7.92. The van der Waals surface area contributed by atoms with E-state index in [2.05, 4.69) is 10.6 Å². The molecule has 0 radical (unpaired) electrons. The molecule has 1 fully saturated rings. The van der Waals surface area contributed by atoms with E-state index >= 15 is 0 Å². The highest BCUT2D eigenvalue weighted by atomic mass is 32.2. The van der Waals surface area contributed by atoms with Crippen molar-refractivity contribution in [2.75, 3.05) is 24.7 Å². The number of halogens is 2. The molecule has 1 aromatic rings. The Kier molecular flexibility index (Phi) is 4.29. The molecule has 1 heterocycles. The maximum Gasteiger partial charge on any atom is 0.245 e. The zero-order valence-electron chi connectivity index (χ0n) is 11.4. The van der Waals surface area contributed by atoms with Gasteiger partial charge in [0.1, 0.15) is 0 Å². The molecule has 0 unspecified atom stereocenters. The topological polar surface area (TPSA) is 75.3 Å². The van der Waals surface area contributed by atoms with Crippen LogP contribution in [0.15, 0.2) is 18.2 Å². The molecule has 8 heteroatoms. The molecule has 1 saturated heterocycles. The zero-order valence-corrected chi connectivity index (χ0v) is 12.3. The fraction of sp³-hybridized carbons (Fsp3) is 0.462. The molecule has 0 spiro atoms. The summed E-state index contributed by atoms with van der Waals surface area (Å²) < 4.78 is 48.5. The van der Waals surface area contributed by atoms with Crippen LogP contribution in [0.25, 0.3) is 0 Å². The van der Waals surface area contributed by atoms with E-state index in [4.69, 9.17) is 0 Å². The van der Waals surface area contributed by atoms with Crippen LogP contribution in [-0.2, 0) is 14.6 Å². The highest BCUT2D eigenvalue weighted by Crippen LogP contribution is 2.29. The quantitative estimate of drug-likeness (QED) is 0.874. The van der Waals surface area contributed by atoms with Crippen LogP contribution in [0.3, 0.4) is 0 Å². The molecule has 1 aliphatic rings. The number of anilines is 1. The average Bonchev–Trinajstić information content (AvgIpc) is 2.42. The maximum absolute atomic E-state index is 13.1. The second kappa shape index (κ2) is 5.69. The average molecular weight is 318 g/mol. The first kappa shape index (κ1) is 15.8. The molecule has 0 saturated carbocycles. The van der Waals surface area contributed by atoms with Crippen LogP contribution in [0.4, 0.5) is 14.5 Å². The van der Waals surface area contributed by atoms with Crippen molar-refractivity contribution in [1.29, 1.82) is 0 Å². The predicted octanol–water partition coefficient (Wildman–Crippen LogP) is 1.07. The van der Waals surface area contributed by atoms with Crippen molar-refractivity contribution in [2.24, 2.45) is 0 Å². The number of nitrogens with one attached hydrogen (secondary N) is 2. The molecule has 1 aromatic carbocycles. The van der Waals surface area contributed by atoms with Crippen LogP contribution in [0.2, 0.25) is 0 Å². The lowest BCUT2D eigenvalue weighted by Crippen LogP contribution is -2.55. The number of benzene rings is 1. The van der Waals surface area contributed by atoms with E-state index in [0.717, 1.165) is 18.4 Å². The third-order valence-corrected chi connectivity index (χ3v) is 5.73. The first-order valence-corrected chi connectivity index (χ1v) is 8.32. The van der Waals surface area contributed by atoms with Gasteiger partial charge in [0.05, 0.1) is 0 Å². The molecule has 0 aliphatic carbocycles. The van der Waals surface area contributed by atoms with Crippen LogP contribution >= 0.6 is 0 Å². The van der Waals surface area contributed by atoms with Gasteiger partial charge in [0.2, 0.25) is 5.91 Å². The van der Waals surface area contributed by atoms with Crippen molar-refractivity contribution in [3.05, 3.63) is 29.8 Å². The molecule has 1 aliphatic heterocycles. The summed E-state index contributed by atoms with van der Waals surface area (Å²) >= 11 is 0. The maximum atomic E-state index is 13.1. The minimum atomic E-state index is -3.64. The van der Waals surface area contributed by atoms with Gasteiger partial charge in [0.25, 0.3) is 0 Å². The van der Waals surface area contributed by atoms with E-state index in [-0.39, 0.29) is 18.5 Å². The number of rotatable bonds is 3. The lowest BCUT2D eigenvalue weighted by Gasteiger charge is -2.34. The van der Waals surface area contributed by atoms with Crippen molar-refractivity contribution < 1.29 is 22.0 Å². The molecular weight excluding hydrogens is 302 g/mol. The van der Waals surface area contributed by atoms with E-state index in [9.17, 15) is 22.0 Å². The first-order chi connectivity index (χ1) is 9.76. The van der Waals surface area contributed by atoms with Gasteiger partial charge in [-0.25, -0.2) is 17.2 Å². The van der Waals surface area contributed by atoms with Crippen molar-refractivity contribution >= 4 is 21.4 Å². The van der Waals surface area contributed by atoms with Gasteiger partial charge in [-0.15, -0.1) is 0 Å². The predicted molar refractivity (Wildman–Crippen MR) is 74.7 cm³/mol. The second-order valence-electron chi connectivity index (χ2n) is 5.10. The summed E-state index contributed by atoms with van der Waals surface area (Å²) in [7, 11) is -3.64. The van der Waals surface area contributed by atoms with Gasteiger partial charge < -0.3 is 10.6 Å². The Labute approximate surface area is 121 Å². The Morgan fingerprint density at radius 1 is 1.24 bits per heavy atom. The Hall–Kier alpha value is -1.54. The molecule has 2 N–H and O–H groups in total. The first-order valence-electron chi connectivity index (χ1n) is 6.43. The van der Waals surface area contributed by atoms with Gasteiger partial charge in [0.15, 0.2) is 26.2 Å². The standard InChI is InChI=1S/C13H16F2N2O3S/c1-21(19,20)13(4-6-16-7-5-13)12(18)17-9-2-3-10(14)11(15)8-9/h2-3,8,16H,4-7H2,1H3,(H,17,18). The molecule has 1 amide bonds. The van der Waals surface area contributed by atoms with Gasteiger partial charge in [-0.3, -0.25) is 4.79 Å². The lowest BCUT2D eigenvalue weighted by atomic mass is 9.95. The number of hydrogen-bond acceptors (Lipinski definition) is 4. The van der Waals surface area contributed by atoms with Crippen LogP contribution in [0.1, 0.15) is 12.8 Å².